The molecule has 6 heteroatoms. The maximum Gasteiger partial charge on any atom is 0.422 e. The van der Waals surface area contributed by atoms with Crippen LogP contribution in [-0.4, -0.2) is 6.67 Å². The lowest BCUT2D eigenvalue weighted by Crippen LogP contribution is -2.14. The second-order valence-corrected chi connectivity index (χ2v) is 6.66. The van der Waals surface area contributed by atoms with Crippen molar-refractivity contribution in [3.8, 4) is 0 Å². The molecule has 0 amide bonds. The normalized spacial score (nSPS) is 21.8. The topological polar surface area (TPSA) is 0 Å². The molecular formula is C19H22F6. The Kier molecular flexibility index (Phi) is 6.96. The summed E-state index contributed by atoms with van der Waals surface area (Å²) in [6.07, 6.45) is 4.30. The van der Waals surface area contributed by atoms with Gasteiger partial charge in [-0.25, -0.2) is 8.78 Å². The summed E-state index contributed by atoms with van der Waals surface area (Å²) in [6.45, 7) is -0.355. The van der Waals surface area contributed by atoms with Gasteiger partial charge < -0.3 is 0 Å². The maximum absolute atomic E-state index is 13.6. The molecule has 0 heterocycles. The van der Waals surface area contributed by atoms with Gasteiger partial charge in [-0.3, -0.25) is 4.39 Å². The Morgan fingerprint density at radius 3 is 2.12 bits per heavy atom. The molecule has 0 atom stereocenters. The van der Waals surface area contributed by atoms with Gasteiger partial charge in [0.05, 0.1) is 6.67 Å². The summed E-state index contributed by atoms with van der Waals surface area (Å²) in [6, 6.07) is 1.58. The molecule has 0 bridgehead atoms. The Bertz CT molecular complexity index is 559. The van der Waals surface area contributed by atoms with Gasteiger partial charge in [-0.15, -0.1) is 0 Å². The molecule has 1 aromatic carbocycles. The van der Waals surface area contributed by atoms with Crippen molar-refractivity contribution in [3.63, 3.8) is 0 Å². The number of alkyl halides is 4. The SMILES string of the molecule is FCC/C=C/C1CCC(CCc2cc(F)c(C(F)(F)F)c(F)c2)CC1. The second kappa shape index (κ2) is 8.77. The number of hydrogen-bond acceptors (Lipinski definition) is 0. The third-order valence-corrected chi connectivity index (χ3v) is 4.80. The summed E-state index contributed by atoms with van der Waals surface area (Å²) in [5, 5.41) is 0. The van der Waals surface area contributed by atoms with Crippen LogP contribution in [0.15, 0.2) is 24.3 Å². The van der Waals surface area contributed by atoms with Crippen molar-refractivity contribution in [2.24, 2.45) is 11.8 Å². The first-order chi connectivity index (χ1) is 11.8. The van der Waals surface area contributed by atoms with Crippen LogP contribution >= 0.6 is 0 Å². The Morgan fingerprint density at radius 2 is 1.60 bits per heavy atom. The molecule has 0 aromatic heterocycles. The average Bonchev–Trinajstić information content (AvgIpc) is 2.52. The predicted molar refractivity (Wildman–Crippen MR) is 84.9 cm³/mol. The van der Waals surface area contributed by atoms with Crippen LogP contribution in [0.1, 0.15) is 49.7 Å². The highest BCUT2D eigenvalue weighted by Gasteiger charge is 2.37. The van der Waals surface area contributed by atoms with E-state index in [1.807, 2.05) is 6.08 Å². The summed E-state index contributed by atoms with van der Waals surface area (Å²) in [5.41, 5.74) is -1.57. The first kappa shape index (κ1) is 19.9. The molecule has 1 aliphatic rings. The summed E-state index contributed by atoms with van der Waals surface area (Å²) in [5.74, 6) is -2.25. The second-order valence-electron chi connectivity index (χ2n) is 6.66. The van der Waals surface area contributed by atoms with E-state index in [9.17, 15) is 26.3 Å². The maximum atomic E-state index is 13.6. The predicted octanol–water partition coefficient (Wildman–Crippen LogP) is 6.64. The van der Waals surface area contributed by atoms with E-state index in [0.29, 0.717) is 31.1 Å². The zero-order chi connectivity index (χ0) is 18.4. The van der Waals surface area contributed by atoms with Crippen LogP contribution in [0.3, 0.4) is 0 Å². The lowest BCUT2D eigenvalue weighted by Gasteiger charge is -2.26. The molecule has 0 radical (unpaired) electrons. The van der Waals surface area contributed by atoms with Crippen molar-refractivity contribution in [2.45, 2.75) is 51.1 Å². The number of allylic oxidation sites excluding steroid dienone is 2. The van der Waals surface area contributed by atoms with Gasteiger partial charge in [0.25, 0.3) is 0 Å². The summed E-state index contributed by atoms with van der Waals surface area (Å²) < 4.78 is 76.9. The summed E-state index contributed by atoms with van der Waals surface area (Å²) in [4.78, 5) is 0. The highest BCUT2D eigenvalue weighted by molar-refractivity contribution is 5.28. The molecule has 2 rings (SSSR count). The zero-order valence-electron chi connectivity index (χ0n) is 13.9. The molecule has 0 aliphatic heterocycles. The highest BCUT2D eigenvalue weighted by Crippen LogP contribution is 2.35. The first-order valence-electron chi connectivity index (χ1n) is 8.59. The summed E-state index contributed by atoms with van der Waals surface area (Å²) in [7, 11) is 0. The highest BCUT2D eigenvalue weighted by atomic mass is 19.4. The van der Waals surface area contributed by atoms with Crippen LogP contribution in [0, 0.1) is 23.5 Å². The van der Waals surface area contributed by atoms with E-state index >= 15 is 0 Å². The van der Waals surface area contributed by atoms with Crippen LogP contribution < -0.4 is 0 Å². The minimum absolute atomic E-state index is 0.257. The van der Waals surface area contributed by atoms with E-state index < -0.39 is 23.4 Å². The molecule has 0 N–H and O–H groups in total. The fraction of sp³-hybridized carbons (Fsp3) is 0.579. The van der Waals surface area contributed by atoms with E-state index in [0.717, 1.165) is 37.8 Å². The van der Waals surface area contributed by atoms with Crippen molar-refractivity contribution in [3.05, 3.63) is 47.0 Å². The minimum atomic E-state index is -5.03. The molecule has 25 heavy (non-hydrogen) atoms. The molecule has 1 fully saturated rings. The van der Waals surface area contributed by atoms with Gasteiger partial charge in [0.1, 0.15) is 17.2 Å². The third-order valence-electron chi connectivity index (χ3n) is 4.80. The minimum Gasteiger partial charge on any atom is -0.251 e. The van der Waals surface area contributed by atoms with Crippen molar-refractivity contribution >= 4 is 0 Å². The number of benzene rings is 1. The van der Waals surface area contributed by atoms with Crippen LogP contribution in [-0.2, 0) is 12.6 Å². The first-order valence-corrected chi connectivity index (χ1v) is 8.59. The van der Waals surface area contributed by atoms with Crippen molar-refractivity contribution in [2.75, 3.05) is 6.67 Å². The average molecular weight is 364 g/mol. The van der Waals surface area contributed by atoms with Crippen LogP contribution in [0.4, 0.5) is 26.3 Å². The molecule has 1 aromatic rings. The Hall–Kier alpha value is -1.46. The number of hydrogen-bond donors (Lipinski definition) is 0. The van der Waals surface area contributed by atoms with Crippen molar-refractivity contribution in [1.82, 2.24) is 0 Å². The van der Waals surface area contributed by atoms with Gasteiger partial charge in [-0.05, 0) is 74.5 Å². The quantitative estimate of drug-likeness (QED) is 0.392. The monoisotopic (exact) mass is 364 g/mol. The van der Waals surface area contributed by atoms with E-state index in [4.69, 9.17) is 0 Å². The van der Waals surface area contributed by atoms with Gasteiger partial charge in [-0.1, -0.05) is 12.2 Å². The van der Waals surface area contributed by atoms with E-state index in [1.165, 1.54) is 0 Å². The molecule has 140 valence electrons. The molecule has 1 saturated carbocycles. The van der Waals surface area contributed by atoms with Gasteiger partial charge >= 0.3 is 6.18 Å². The smallest absolute Gasteiger partial charge is 0.251 e. The van der Waals surface area contributed by atoms with Crippen molar-refractivity contribution in [1.29, 1.82) is 0 Å². The van der Waals surface area contributed by atoms with Crippen LogP contribution in [0.5, 0.6) is 0 Å². The largest absolute Gasteiger partial charge is 0.422 e. The van der Waals surface area contributed by atoms with Crippen LogP contribution in [0.25, 0.3) is 0 Å². The van der Waals surface area contributed by atoms with Gasteiger partial charge in [0.2, 0.25) is 0 Å². The lowest BCUT2D eigenvalue weighted by molar-refractivity contribution is -0.142. The Balaban J connectivity index is 1.87. The van der Waals surface area contributed by atoms with Gasteiger partial charge in [-0.2, -0.15) is 13.2 Å². The number of aryl methyl sites for hydroxylation is 1. The zero-order valence-corrected chi connectivity index (χ0v) is 13.9. The number of rotatable bonds is 6. The standard InChI is InChI=1S/C19H22F6/c20-10-2-1-3-13-4-6-14(7-5-13)8-9-15-11-16(21)18(17(22)12-15)19(23,24)25/h1,3,11-14H,2,4-10H2/b3-1+. The van der Waals surface area contributed by atoms with Gasteiger partial charge in [0, 0.05) is 0 Å². The Labute approximate surface area is 143 Å². The van der Waals surface area contributed by atoms with Crippen LogP contribution in [0.2, 0.25) is 0 Å². The molecule has 1 aliphatic carbocycles. The molecule has 0 saturated heterocycles. The number of halogens is 6. The van der Waals surface area contributed by atoms with Gasteiger partial charge in [0.15, 0.2) is 0 Å². The van der Waals surface area contributed by atoms with E-state index in [2.05, 4.69) is 6.08 Å². The lowest BCUT2D eigenvalue weighted by atomic mass is 9.79. The third kappa shape index (κ3) is 5.79. The molecular weight excluding hydrogens is 342 g/mol. The Morgan fingerprint density at radius 1 is 1.00 bits per heavy atom. The molecule has 0 spiro atoms. The van der Waals surface area contributed by atoms with Crippen molar-refractivity contribution < 1.29 is 26.3 Å². The van der Waals surface area contributed by atoms with E-state index in [1.54, 1.807) is 0 Å². The van der Waals surface area contributed by atoms with E-state index in [-0.39, 0.29) is 12.2 Å². The summed E-state index contributed by atoms with van der Waals surface area (Å²) >= 11 is 0. The molecule has 0 unspecified atom stereocenters. The molecule has 0 nitrogen and oxygen atoms in total. The fourth-order valence-corrected chi connectivity index (χ4v) is 3.43. The fourth-order valence-electron chi connectivity index (χ4n) is 3.43.